The highest BCUT2D eigenvalue weighted by Gasteiger charge is 2.53. The fraction of sp³-hybridized carbons (Fsp3) is 0.400. The van der Waals surface area contributed by atoms with Gasteiger partial charge in [0.05, 0.1) is 22.8 Å². The summed E-state index contributed by atoms with van der Waals surface area (Å²) in [6, 6.07) is 5.45. The predicted molar refractivity (Wildman–Crippen MR) is 76.3 cm³/mol. The van der Waals surface area contributed by atoms with Crippen molar-refractivity contribution in [2.75, 3.05) is 0 Å². The van der Waals surface area contributed by atoms with Crippen LogP contribution in [-0.4, -0.2) is 18.3 Å². The van der Waals surface area contributed by atoms with Gasteiger partial charge in [-0.3, -0.25) is 0 Å². The van der Waals surface area contributed by atoms with Gasteiger partial charge in [-0.2, -0.15) is 5.26 Å². The topological polar surface area (TPSA) is 42.2 Å². The Labute approximate surface area is 123 Å². The standard InChI is InChI=1S/C15H16BF2NO2/c1-14(2)15(3,4)21-16(20-14)13(18)8-10-5-11(9-19)7-12(17)6-10/h5-8H,1-4H3. The summed E-state index contributed by atoms with van der Waals surface area (Å²) in [5, 5.41) is 8.79. The van der Waals surface area contributed by atoms with Crippen molar-refractivity contribution in [1.82, 2.24) is 0 Å². The Kier molecular flexibility index (Phi) is 3.92. The predicted octanol–water partition coefficient (Wildman–Crippen LogP) is 3.64. The van der Waals surface area contributed by atoms with Gasteiger partial charge < -0.3 is 9.31 Å². The van der Waals surface area contributed by atoms with E-state index in [0.29, 0.717) is 0 Å². The van der Waals surface area contributed by atoms with Crippen LogP contribution in [-0.2, 0) is 9.31 Å². The maximum Gasteiger partial charge on any atom is 0.525 e. The Morgan fingerprint density at radius 1 is 1.19 bits per heavy atom. The zero-order valence-electron chi connectivity index (χ0n) is 12.4. The van der Waals surface area contributed by atoms with Gasteiger partial charge >= 0.3 is 7.12 Å². The molecule has 110 valence electrons. The summed E-state index contributed by atoms with van der Waals surface area (Å²) in [5.41, 5.74) is -1.59. The molecule has 1 aliphatic heterocycles. The fourth-order valence-electron chi connectivity index (χ4n) is 1.94. The first-order valence-electron chi connectivity index (χ1n) is 6.58. The molecule has 0 amide bonds. The van der Waals surface area contributed by atoms with E-state index in [1.54, 1.807) is 0 Å². The van der Waals surface area contributed by atoms with Crippen molar-refractivity contribution in [3.8, 4) is 6.07 Å². The van der Waals surface area contributed by atoms with Crippen LogP contribution in [0.3, 0.4) is 0 Å². The number of hydrogen-bond donors (Lipinski definition) is 0. The molecule has 0 aromatic heterocycles. The number of nitrogens with zero attached hydrogens (tertiary/aromatic N) is 1. The Morgan fingerprint density at radius 2 is 1.76 bits per heavy atom. The van der Waals surface area contributed by atoms with Crippen LogP contribution < -0.4 is 0 Å². The van der Waals surface area contributed by atoms with Crippen LogP contribution in [0.4, 0.5) is 8.78 Å². The zero-order valence-corrected chi connectivity index (χ0v) is 12.4. The molecule has 1 fully saturated rings. The highest BCUT2D eigenvalue weighted by molar-refractivity contribution is 6.54. The van der Waals surface area contributed by atoms with Crippen LogP contribution in [0.15, 0.2) is 23.9 Å². The van der Waals surface area contributed by atoms with Gasteiger partial charge in [-0.1, -0.05) is 0 Å². The molecule has 0 aliphatic carbocycles. The monoisotopic (exact) mass is 291 g/mol. The summed E-state index contributed by atoms with van der Waals surface area (Å²) in [5.74, 6) is -0.595. The fourth-order valence-corrected chi connectivity index (χ4v) is 1.94. The lowest BCUT2D eigenvalue weighted by atomic mass is 9.86. The third kappa shape index (κ3) is 3.15. The smallest absolute Gasteiger partial charge is 0.398 e. The van der Waals surface area contributed by atoms with Gasteiger partial charge in [0, 0.05) is 0 Å². The summed E-state index contributed by atoms with van der Waals surface area (Å²) in [6.07, 6.45) is 1.12. The van der Waals surface area contributed by atoms with Crippen molar-refractivity contribution >= 4 is 13.2 Å². The molecule has 0 bridgehead atoms. The second-order valence-corrected chi connectivity index (χ2v) is 6.00. The van der Waals surface area contributed by atoms with Crippen LogP contribution in [0.25, 0.3) is 6.08 Å². The SMILES string of the molecule is CC1(C)OB(C(F)=Cc2cc(F)cc(C#N)c2)OC1(C)C. The maximum atomic E-state index is 14.3. The van der Waals surface area contributed by atoms with Gasteiger partial charge in [0.15, 0.2) is 0 Å². The van der Waals surface area contributed by atoms with E-state index < -0.39 is 29.9 Å². The van der Waals surface area contributed by atoms with Gasteiger partial charge in [0.25, 0.3) is 0 Å². The molecule has 1 saturated heterocycles. The Hall–Kier alpha value is -1.71. The highest BCUT2D eigenvalue weighted by Crippen LogP contribution is 2.39. The molecular weight excluding hydrogens is 275 g/mol. The Balaban J connectivity index is 2.27. The van der Waals surface area contributed by atoms with E-state index in [2.05, 4.69) is 0 Å². The molecule has 1 aromatic rings. The van der Waals surface area contributed by atoms with E-state index >= 15 is 0 Å². The molecule has 1 heterocycles. The molecule has 2 rings (SSSR count). The van der Waals surface area contributed by atoms with Gasteiger partial charge in [-0.25, -0.2) is 8.78 Å². The minimum absolute atomic E-state index is 0.128. The summed E-state index contributed by atoms with van der Waals surface area (Å²) in [6.45, 7) is 7.26. The molecule has 21 heavy (non-hydrogen) atoms. The normalized spacial score (nSPS) is 20.4. The van der Waals surface area contributed by atoms with Gasteiger partial charge in [-0.15, -0.1) is 0 Å². The van der Waals surface area contributed by atoms with E-state index in [0.717, 1.165) is 18.2 Å². The van der Waals surface area contributed by atoms with E-state index in [-0.39, 0.29) is 11.1 Å². The van der Waals surface area contributed by atoms with Crippen LogP contribution in [0, 0.1) is 17.1 Å². The van der Waals surface area contributed by atoms with Gasteiger partial charge in [0.2, 0.25) is 0 Å². The Morgan fingerprint density at radius 3 is 2.29 bits per heavy atom. The van der Waals surface area contributed by atoms with E-state index in [4.69, 9.17) is 14.6 Å². The van der Waals surface area contributed by atoms with Crippen LogP contribution in [0.1, 0.15) is 38.8 Å². The second kappa shape index (κ2) is 5.25. The lowest BCUT2D eigenvalue weighted by Crippen LogP contribution is -2.41. The molecule has 0 radical (unpaired) electrons. The average Bonchev–Trinajstić information content (AvgIpc) is 2.57. The van der Waals surface area contributed by atoms with Gasteiger partial charge in [-0.05, 0) is 57.5 Å². The third-order valence-electron chi connectivity index (χ3n) is 3.83. The van der Waals surface area contributed by atoms with Crippen molar-refractivity contribution in [2.45, 2.75) is 38.9 Å². The molecular formula is C15H16BF2NO2. The Bertz CT molecular complexity index is 619. The van der Waals surface area contributed by atoms with Crippen molar-refractivity contribution in [2.24, 2.45) is 0 Å². The minimum Gasteiger partial charge on any atom is -0.398 e. The lowest BCUT2D eigenvalue weighted by Gasteiger charge is -2.32. The number of nitriles is 1. The molecule has 0 atom stereocenters. The maximum absolute atomic E-state index is 14.3. The molecule has 1 aliphatic rings. The molecule has 1 aromatic carbocycles. The van der Waals surface area contributed by atoms with Crippen LogP contribution in [0.5, 0.6) is 0 Å². The van der Waals surface area contributed by atoms with Crippen LogP contribution >= 0.6 is 0 Å². The van der Waals surface area contributed by atoms with E-state index in [1.165, 1.54) is 6.07 Å². The molecule has 6 heteroatoms. The number of halogens is 2. The number of hydrogen-bond acceptors (Lipinski definition) is 3. The molecule has 0 saturated carbocycles. The quantitative estimate of drug-likeness (QED) is 0.781. The van der Waals surface area contributed by atoms with Crippen molar-refractivity contribution in [3.63, 3.8) is 0 Å². The van der Waals surface area contributed by atoms with E-state index in [9.17, 15) is 8.78 Å². The number of benzene rings is 1. The molecule has 0 unspecified atom stereocenters. The summed E-state index contributed by atoms with van der Waals surface area (Å²) in [4.78, 5) is 0. The van der Waals surface area contributed by atoms with E-state index in [1.807, 2.05) is 33.8 Å². The van der Waals surface area contributed by atoms with Crippen molar-refractivity contribution in [3.05, 3.63) is 40.9 Å². The first kappa shape index (κ1) is 15.7. The summed E-state index contributed by atoms with van der Waals surface area (Å²) < 4.78 is 38.7. The summed E-state index contributed by atoms with van der Waals surface area (Å²) in [7, 11) is -1.14. The molecule has 0 spiro atoms. The highest BCUT2D eigenvalue weighted by atomic mass is 19.1. The first-order valence-corrected chi connectivity index (χ1v) is 6.58. The van der Waals surface area contributed by atoms with Gasteiger partial charge in [0.1, 0.15) is 11.5 Å². The van der Waals surface area contributed by atoms with Crippen molar-refractivity contribution < 1.29 is 18.1 Å². The molecule has 3 nitrogen and oxygen atoms in total. The first-order chi connectivity index (χ1) is 9.64. The third-order valence-corrected chi connectivity index (χ3v) is 3.83. The minimum atomic E-state index is -1.14. The molecule has 0 N–H and O–H groups in total. The second-order valence-electron chi connectivity index (χ2n) is 6.00. The van der Waals surface area contributed by atoms with Crippen LogP contribution in [0.2, 0.25) is 0 Å². The number of rotatable bonds is 2. The zero-order chi connectivity index (χ0) is 15.8. The lowest BCUT2D eigenvalue weighted by molar-refractivity contribution is 0.00578. The largest absolute Gasteiger partial charge is 0.525 e. The summed E-state index contributed by atoms with van der Waals surface area (Å²) >= 11 is 0. The van der Waals surface area contributed by atoms with Crippen molar-refractivity contribution in [1.29, 1.82) is 5.26 Å². The average molecular weight is 291 g/mol.